The lowest BCUT2D eigenvalue weighted by Crippen LogP contribution is -2.57. The van der Waals surface area contributed by atoms with Crippen molar-refractivity contribution in [3.8, 4) is 0 Å². The molecule has 0 saturated heterocycles. The number of hydrogen-bond acceptors (Lipinski definition) is 3. The summed E-state index contributed by atoms with van der Waals surface area (Å²) in [5.74, 6) is -0.277. The lowest BCUT2D eigenvalue weighted by molar-refractivity contribution is -0.124. The average molecular weight is 290 g/mol. The van der Waals surface area contributed by atoms with Gasteiger partial charge in [0.2, 0.25) is 0 Å². The Morgan fingerprint density at radius 3 is 2.80 bits per heavy atom. The topological polar surface area (TPSA) is 58.2 Å². The molecular weight excluding hydrogens is 272 g/mol. The van der Waals surface area contributed by atoms with Crippen molar-refractivity contribution in [3.63, 3.8) is 0 Å². The van der Waals surface area contributed by atoms with Gasteiger partial charge in [-0.05, 0) is 31.9 Å². The molecule has 3 rings (SSSR count). The fraction of sp³-hybridized carbons (Fsp3) is 0.467. The highest BCUT2D eigenvalue weighted by atomic mass is 32.2. The van der Waals surface area contributed by atoms with E-state index in [9.17, 15) is 9.59 Å². The Labute approximate surface area is 122 Å². The molecule has 2 aliphatic rings. The van der Waals surface area contributed by atoms with Crippen LogP contribution in [0.15, 0.2) is 29.2 Å². The second-order valence-electron chi connectivity index (χ2n) is 5.54. The normalized spacial score (nSPS) is 25.9. The van der Waals surface area contributed by atoms with Gasteiger partial charge in [0, 0.05) is 10.9 Å². The van der Waals surface area contributed by atoms with Gasteiger partial charge in [-0.2, -0.15) is 0 Å². The molecule has 2 N–H and O–H groups in total. The molecule has 2 amide bonds. The van der Waals surface area contributed by atoms with Crippen LogP contribution in [0.4, 0.5) is 0 Å². The molecule has 0 radical (unpaired) electrons. The van der Waals surface area contributed by atoms with Crippen molar-refractivity contribution in [1.29, 1.82) is 0 Å². The predicted octanol–water partition coefficient (Wildman–Crippen LogP) is 2.30. The van der Waals surface area contributed by atoms with Crippen LogP contribution in [-0.2, 0) is 4.79 Å². The summed E-state index contributed by atoms with van der Waals surface area (Å²) in [5, 5.41) is 5.90. The van der Waals surface area contributed by atoms with Crippen LogP contribution in [0.1, 0.15) is 43.0 Å². The van der Waals surface area contributed by atoms with Crippen molar-refractivity contribution < 1.29 is 9.59 Å². The Bertz CT molecular complexity index is 555. The van der Waals surface area contributed by atoms with Crippen LogP contribution in [0.5, 0.6) is 0 Å². The van der Waals surface area contributed by atoms with E-state index in [2.05, 4.69) is 10.6 Å². The first-order valence-electron chi connectivity index (χ1n) is 7.00. The Morgan fingerprint density at radius 1 is 1.35 bits per heavy atom. The van der Waals surface area contributed by atoms with Crippen LogP contribution >= 0.6 is 11.8 Å². The van der Waals surface area contributed by atoms with Gasteiger partial charge in [-0.25, -0.2) is 0 Å². The third kappa shape index (κ3) is 2.42. The largest absolute Gasteiger partial charge is 0.351 e. The average Bonchev–Trinajstić information content (AvgIpc) is 2.91. The van der Waals surface area contributed by atoms with E-state index in [1.165, 1.54) is 24.6 Å². The fourth-order valence-corrected chi connectivity index (χ4v) is 3.92. The molecule has 0 unspecified atom stereocenters. The first-order chi connectivity index (χ1) is 9.58. The summed E-state index contributed by atoms with van der Waals surface area (Å²) < 4.78 is 0. The lowest BCUT2D eigenvalue weighted by atomic mass is 10.1. The molecule has 1 aromatic carbocycles. The highest BCUT2D eigenvalue weighted by molar-refractivity contribution is 8.01. The van der Waals surface area contributed by atoms with E-state index in [0.29, 0.717) is 5.56 Å². The molecule has 1 heterocycles. The Hall–Kier alpha value is -1.49. The van der Waals surface area contributed by atoms with Crippen LogP contribution < -0.4 is 10.6 Å². The second-order valence-corrected chi connectivity index (χ2v) is 7.00. The maximum Gasteiger partial charge on any atom is 0.256 e. The smallest absolute Gasteiger partial charge is 0.256 e. The summed E-state index contributed by atoms with van der Waals surface area (Å²) in [6.45, 7) is 1.77. The second kappa shape index (κ2) is 5.13. The molecule has 1 atom stereocenters. The molecule has 5 heteroatoms. The van der Waals surface area contributed by atoms with E-state index >= 15 is 0 Å². The molecule has 1 fully saturated rings. The van der Waals surface area contributed by atoms with Gasteiger partial charge in [0.05, 0.1) is 5.56 Å². The van der Waals surface area contributed by atoms with Crippen LogP contribution in [0, 0.1) is 0 Å². The van der Waals surface area contributed by atoms with E-state index in [4.69, 9.17) is 0 Å². The summed E-state index contributed by atoms with van der Waals surface area (Å²) in [7, 11) is 0. The van der Waals surface area contributed by atoms with Gasteiger partial charge < -0.3 is 10.6 Å². The highest BCUT2D eigenvalue weighted by Gasteiger charge is 2.41. The standard InChI is InChI=1S/C15H18N2O2S/c1-15(14(19)16-10-6-2-3-7-10)17-13(18)11-8-4-5-9-12(11)20-15/h4-5,8-10H,2-3,6-7H2,1H3,(H,16,19)(H,17,18)/t15-/m0/s1. The minimum atomic E-state index is -0.923. The number of fused-ring (bicyclic) bond motifs is 1. The summed E-state index contributed by atoms with van der Waals surface area (Å²) in [6.07, 6.45) is 4.42. The molecule has 1 aliphatic carbocycles. The molecular formula is C15H18N2O2S. The zero-order valence-electron chi connectivity index (χ0n) is 11.4. The minimum Gasteiger partial charge on any atom is -0.351 e. The van der Waals surface area contributed by atoms with Gasteiger partial charge in [0.1, 0.15) is 0 Å². The first kappa shape index (κ1) is 13.5. The zero-order chi connectivity index (χ0) is 14.2. The predicted molar refractivity (Wildman–Crippen MR) is 78.6 cm³/mol. The van der Waals surface area contributed by atoms with E-state index < -0.39 is 4.87 Å². The Kier molecular flexibility index (Phi) is 3.46. The number of carbonyl (C=O) groups excluding carboxylic acids is 2. The third-order valence-corrected chi connectivity index (χ3v) is 5.19. The molecule has 0 bridgehead atoms. The van der Waals surface area contributed by atoms with Crippen LogP contribution in [0.3, 0.4) is 0 Å². The number of nitrogens with one attached hydrogen (secondary N) is 2. The molecule has 4 nitrogen and oxygen atoms in total. The quantitative estimate of drug-likeness (QED) is 0.878. The summed E-state index contributed by atoms with van der Waals surface area (Å²) in [6, 6.07) is 7.65. The van der Waals surface area contributed by atoms with E-state index in [1.807, 2.05) is 18.2 Å². The molecule has 0 aromatic heterocycles. The molecule has 1 aliphatic heterocycles. The minimum absolute atomic E-state index is 0.0998. The van der Waals surface area contributed by atoms with Gasteiger partial charge in [-0.3, -0.25) is 9.59 Å². The number of hydrogen-bond donors (Lipinski definition) is 2. The van der Waals surface area contributed by atoms with Crippen molar-refractivity contribution in [3.05, 3.63) is 29.8 Å². The SMILES string of the molecule is C[C@]1(C(=O)NC2CCCC2)NC(=O)c2ccccc2S1. The monoisotopic (exact) mass is 290 g/mol. The molecule has 1 saturated carbocycles. The van der Waals surface area contributed by atoms with Crippen LogP contribution in [0.25, 0.3) is 0 Å². The fourth-order valence-electron chi connectivity index (χ4n) is 2.77. The lowest BCUT2D eigenvalue weighted by Gasteiger charge is -2.34. The molecule has 1 aromatic rings. The van der Waals surface area contributed by atoms with E-state index in [-0.39, 0.29) is 17.9 Å². The number of carbonyl (C=O) groups is 2. The number of rotatable bonds is 2. The maximum absolute atomic E-state index is 12.5. The molecule has 106 valence electrons. The highest BCUT2D eigenvalue weighted by Crippen LogP contribution is 2.37. The van der Waals surface area contributed by atoms with Crippen molar-refractivity contribution in [2.45, 2.75) is 48.4 Å². The summed E-state index contributed by atoms with van der Waals surface area (Å²) in [5.41, 5.74) is 0.642. The number of thioether (sulfide) groups is 1. The van der Waals surface area contributed by atoms with E-state index in [0.717, 1.165) is 17.7 Å². The van der Waals surface area contributed by atoms with Crippen LogP contribution in [0.2, 0.25) is 0 Å². The number of benzene rings is 1. The van der Waals surface area contributed by atoms with Gasteiger partial charge in [0.25, 0.3) is 11.8 Å². The van der Waals surface area contributed by atoms with Gasteiger partial charge >= 0.3 is 0 Å². The Balaban J connectivity index is 1.79. The van der Waals surface area contributed by atoms with Gasteiger partial charge in [0.15, 0.2) is 4.87 Å². The third-order valence-electron chi connectivity index (χ3n) is 3.92. The molecule has 0 spiro atoms. The summed E-state index contributed by atoms with van der Waals surface area (Å²) >= 11 is 1.41. The first-order valence-corrected chi connectivity index (χ1v) is 7.82. The van der Waals surface area contributed by atoms with Gasteiger partial charge in [-0.1, -0.05) is 36.7 Å². The summed E-state index contributed by atoms with van der Waals surface area (Å²) in [4.78, 5) is 24.6. The van der Waals surface area contributed by atoms with E-state index in [1.54, 1.807) is 13.0 Å². The molecule has 20 heavy (non-hydrogen) atoms. The van der Waals surface area contributed by atoms with Crippen LogP contribution in [-0.4, -0.2) is 22.7 Å². The zero-order valence-corrected chi connectivity index (χ0v) is 12.3. The van der Waals surface area contributed by atoms with Crippen molar-refractivity contribution >= 4 is 23.6 Å². The maximum atomic E-state index is 12.5. The number of amides is 2. The van der Waals surface area contributed by atoms with Crippen molar-refractivity contribution in [1.82, 2.24) is 10.6 Å². The van der Waals surface area contributed by atoms with Crippen molar-refractivity contribution in [2.24, 2.45) is 0 Å². The Morgan fingerprint density at radius 2 is 2.05 bits per heavy atom. The van der Waals surface area contributed by atoms with Crippen molar-refractivity contribution in [2.75, 3.05) is 0 Å². The van der Waals surface area contributed by atoms with Gasteiger partial charge in [-0.15, -0.1) is 0 Å².